The summed E-state index contributed by atoms with van der Waals surface area (Å²) < 4.78 is 6.42. The molecule has 0 aromatic heterocycles. The number of carbonyl (C=O) groups is 2. The number of hydrogen-bond acceptors (Lipinski definition) is 5. The zero-order chi connectivity index (χ0) is 21.0. The Balaban J connectivity index is 1.49. The van der Waals surface area contributed by atoms with Crippen molar-refractivity contribution < 1.29 is 19.4 Å². The van der Waals surface area contributed by atoms with Gasteiger partial charge in [-0.25, -0.2) is 0 Å². The first-order valence-electron chi connectivity index (χ1n) is 10.3. The van der Waals surface area contributed by atoms with Crippen molar-refractivity contribution in [3.63, 3.8) is 0 Å². The summed E-state index contributed by atoms with van der Waals surface area (Å²) in [6, 6.07) is 15.8. The molecule has 156 valence electrons. The number of fused-ring (bicyclic) bond motifs is 1. The van der Waals surface area contributed by atoms with E-state index in [2.05, 4.69) is 22.3 Å². The van der Waals surface area contributed by atoms with Gasteiger partial charge in [-0.15, -0.1) is 0 Å². The molecule has 6 heteroatoms. The quantitative estimate of drug-likeness (QED) is 0.590. The van der Waals surface area contributed by atoms with Gasteiger partial charge < -0.3 is 15.2 Å². The number of piperidine rings is 1. The van der Waals surface area contributed by atoms with E-state index in [-0.39, 0.29) is 5.78 Å². The third-order valence-corrected chi connectivity index (χ3v) is 5.66. The smallest absolute Gasteiger partial charge is 0.245 e. The molecule has 0 radical (unpaired) electrons. The maximum Gasteiger partial charge on any atom is 0.245 e. The lowest BCUT2D eigenvalue weighted by atomic mass is 9.83. The molecule has 1 amide bonds. The summed E-state index contributed by atoms with van der Waals surface area (Å²) >= 11 is 0. The number of ether oxygens (including phenoxy) is 1. The topological polar surface area (TPSA) is 78.9 Å². The van der Waals surface area contributed by atoms with Crippen molar-refractivity contribution in [1.29, 1.82) is 0 Å². The van der Waals surface area contributed by atoms with Crippen molar-refractivity contribution in [2.45, 2.75) is 31.4 Å². The van der Waals surface area contributed by atoms with E-state index in [0.717, 1.165) is 38.0 Å². The van der Waals surface area contributed by atoms with E-state index in [9.17, 15) is 9.59 Å². The highest BCUT2D eigenvalue weighted by atomic mass is 16.5. The third-order valence-electron chi connectivity index (χ3n) is 5.66. The van der Waals surface area contributed by atoms with Crippen molar-refractivity contribution >= 4 is 17.8 Å². The summed E-state index contributed by atoms with van der Waals surface area (Å²) in [7, 11) is 0. The molecular weight excluding hydrogens is 380 g/mol. The Labute approximate surface area is 176 Å². The molecule has 1 atom stereocenters. The van der Waals surface area contributed by atoms with Gasteiger partial charge in [0.05, 0.1) is 12.0 Å². The van der Waals surface area contributed by atoms with E-state index < -0.39 is 18.2 Å². The monoisotopic (exact) mass is 406 g/mol. The van der Waals surface area contributed by atoms with Gasteiger partial charge >= 0.3 is 0 Å². The number of aliphatic hydroxyl groups is 1. The molecule has 2 aliphatic rings. The van der Waals surface area contributed by atoms with Gasteiger partial charge in [-0.2, -0.15) is 0 Å². The van der Waals surface area contributed by atoms with Crippen LogP contribution in [0.4, 0.5) is 0 Å². The molecule has 1 saturated heterocycles. The standard InChI is InChI=1S/C24H26N2O4/c27-17-25-23(29)10-8-18-7-9-22-20(13-18)21(28)14-24(30-22)11-4-12-26(16-24)15-19-5-2-1-3-6-19/h1-3,5-10,13,27H,4,11-12,14-17H2,(H,25,29)/b10-8+. The molecule has 4 rings (SSSR count). The average Bonchev–Trinajstić information content (AvgIpc) is 2.73. The Bertz CT molecular complexity index is 957. The van der Waals surface area contributed by atoms with Crippen LogP contribution in [-0.2, 0) is 11.3 Å². The van der Waals surface area contributed by atoms with Crippen molar-refractivity contribution in [3.05, 3.63) is 71.3 Å². The fourth-order valence-corrected chi connectivity index (χ4v) is 4.32. The molecule has 2 heterocycles. The Morgan fingerprint density at radius 3 is 2.87 bits per heavy atom. The predicted molar refractivity (Wildman–Crippen MR) is 114 cm³/mol. The first-order chi connectivity index (χ1) is 14.6. The minimum Gasteiger partial charge on any atom is -0.485 e. The fourth-order valence-electron chi connectivity index (χ4n) is 4.32. The zero-order valence-electron chi connectivity index (χ0n) is 16.8. The summed E-state index contributed by atoms with van der Waals surface area (Å²) in [5.41, 5.74) is 2.09. The molecule has 2 aromatic carbocycles. The first kappa shape index (κ1) is 20.3. The molecule has 1 fully saturated rings. The normalized spacial score (nSPS) is 21.4. The van der Waals surface area contributed by atoms with Crippen molar-refractivity contribution in [3.8, 4) is 5.75 Å². The van der Waals surface area contributed by atoms with Crippen molar-refractivity contribution in [2.75, 3.05) is 19.8 Å². The molecule has 1 unspecified atom stereocenters. The second-order valence-electron chi connectivity index (χ2n) is 7.97. The number of nitrogens with one attached hydrogen (secondary N) is 1. The number of ketones is 1. The van der Waals surface area contributed by atoms with Gasteiger partial charge in [0.2, 0.25) is 5.91 Å². The van der Waals surface area contributed by atoms with Gasteiger partial charge in [0.15, 0.2) is 5.78 Å². The van der Waals surface area contributed by atoms with Crippen LogP contribution in [0.15, 0.2) is 54.6 Å². The molecule has 2 aliphatic heterocycles. The van der Waals surface area contributed by atoms with Gasteiger partial charge in [-0.1, -0.05) is 36.4 Å². The molecule has 30 heavy (non-hydrogen) atoms. The van der Waals surface area contributed by atoms with Crippen LogP contribution in [0.2, 0.25) is 0 Å². The van der Waals surface area contributed by atoms with Gasteiger partial charge in [-0.3, -0.25) is 14.5 Å². The maximum atomic E-state index is 13.0. The number of aliphatic hydroxyl groups excluding tert-OH is 1. The van der Waals surface area contributed by atoms with Gasteiger partial charge in [0, 0.05) is 19.2 Å². The van der Waals surface area contributed by atoms with E-state index in [1.54, 1.807) is 12.1 Å². The number of carbonyl (C=O) groups excluding carboxylic acids is 2. The Kier molecular flexibility index (Phi) is 5.97. The second-order valence-corrected chi connectivity index (χ2v) is 7.97. The van der Waals surface area contributed by atoms with E-state index in [4.69, 9.17) is 9.84 Å². The lowest BCUT2D eigenvalue weighted by Gasteiger charge is -2.45. The van der Waals surface area contributed by atoms with Crippen LogP contribution in [0.5, 0.6) is 5.75 Å². The largest absolute Gasteiger partial charge is 0.485 e. The highest BCUT2D eigenvalue weighted by Gasteiger charge is 2.43. The van der Waals surface area contributed by atoms with Crippen LogP contribution in [-0.4, -0.2) is 47.1 Å². The Morgan fingerprint density at radius 2 is 2.07 bits per heavy atom. The number of likely N-dealkylation sites (tertiary alicyclic amines) is 1. The van der Waals surface area contributed by atoms with Gasteiger partial charge in [0.25, 0.3) is 0 Å². The molecule has 0 bridgehead atoms. The summed E-state index contributed by atoms with van der Waals surface area (Å²) in [5.74, 6) is 0.301. The number of rotatable bonds is 5. The van der Waals surface area contributed by atoms with Crippen LogP contribution in [0.1, 0.15) is 40.7 Å². The molecule has 0 aliphatic carbocycles. The second kappa shape index (κ2) is 8.81. The zero-order valence-corrected chi connectivity index (χ0v) is 16.8. The average molecular weight is 406 g/mol. The van der Waals surface area contributed by atoms with E-state index in [1.165, 1.54) is 11.6 Å². The molecular formula is C24H26N2O4. The summed E-state index contributed by atoms with van der Waals surface area (Å²) in [6.07, 6.45) is 5.17. The molecule has 2 aromatic rings. The van der Waals surface area contributed by atoms with Crippen LogP contribution in [0.3, 0.4) is 0 Å². The number of hydrogen-bond donors (Lipinski definition) is 2. The number of nitrogens with zero attached hydrogens (tertiary/aromatic N) is 1. The van der Waals surface area contributed by atoms with E-state index in [0.29, 0.717) is 17.7 Å². The van der Waals surface area contributed by atoms with Crippen LogP contribution in [0.25, 0.3) is 6.08 Å². The highest BCUT2D eigenvalue weighted by Crippen LogP contribution is 2.39. The Hall–Kier alpha value is -2.96. The van der Waals surface area contributed by atoms with Crippen molar-refractivity contribution in [2.24, 2.45) is 0 Å². The third kappa shape index (κ3) is 4.61. The first-order valence-corrected chi connectivity index (χ1v) is 10.3. The summed E-state index contributed by atoms with van der Waals surface area (Å²) in [4.78, 5) is 26.8. The van der Waals surface area contributed by atoms with E-state index in [1.807, 2.05) is 30.3 Å². The van der Waals surface area contributed by atoms with E-state index >= 15 is 0 Å². The Morgan fingerprint density at radius 1 is 1.23 bits per heavy atom. The maximum absolute atomic E-state index is 13.0. The van der Waals surface area contributed by atoms with Crippen LogP contribution in [0, 0.1) is 0 Å². The SMILES string of the molecule is O=C(/C=C/c1ccc2c(c1)C(=O)CC1(CCCN(Cc3ccccc3)C1)O2)NCO. The molecule has 2 N–H and O–H groups in total. The highest BCUT2D eigenvalue weighted by molar-refractivity contribution is 6.01. The summed E-state index contributed by atoms with van der Waals surface area (Å²) in [6.45, 7) is 2.17. The van der Waals surface area contributed by atoms with Gasteiger partial charge in [0.1, 0.15) is 18.1 Å². The summed E-state index contributed by atoms with van der Waals surface area (Å²) in [5, 5.41) is 11.0. The molecule has 1 spiro atoms. The minimum absolute atomic E-state index is 0.0767. The van der Waals surface area contributed by atoms with Crippen LogP contribution < -0.4 is 10.1 Å². The van der Waals surface area contributed by atoms with Crippen molar-refractivity contribution in [1.82, 2.24) is 10.2 Å². The predicted octanol–water partition coefficient (Wildman–Crippen LogP) is 2.77. The molecule has 0 saturated carbocycles. The fraction of sp³-hybridized carbons (Fsp3) is 0.333. The lowest BCUT2D eigenvalue weighted by Crippen LogP contribution is -2.54. The minimum atomic E-state index is -0.477. The number of benzene rings is 2. The van der Waals surface area contributed by atoms with Gasteiger partial charge in [-0.05, 0) is 48.7 Å². The number of Topliss-reactive ketones (excluding diaryl/α,β-unsaturated/α-hetero) is 1. The lowest BCUT2D eigenvalue weighted by molar-refractivity contribution is -0.117. The van der Waals surface area contributed by atoms with Crippen LogP contribution >= 0.6 is 0 Å². The number of amides is 1. The molecule has 6 nitrogen and oxygen atoms in total.